The van der Waals surface area contributed by atoms with Crippen molar-refractivity contribution in [2.75, 3.05) is 5.32 Å². The van der Waals surface area contributed by atoms with Crippen molar-refractivity contribution in [2.45, 2.75) is 37.8 Å². The number of nitriles is 1. The molecule has 1 fully saturated rings. The van der Waals surface area contributed by atoms with E-state index < -0.39 is 4.92 Å². The molecule has 3 N–H and O–H groups in total. The number of nitrogens with two attached hydrogens (primary N) is 1. The van der Waals surface area contributed by atoms with Crippen LogP contribution in [0.5, 0.6) is 0 Å². The lowest BCUT2D eigenvalue weighted by molar-refractivity contribution is -0.384. The molecule has 0 aromatic carbocycles. The zero-order valence-corrected chi connectivity index (χ0v) is 10.4. The molecule has 1 heterocycles. The molecule has 0 amide bonds. The smallest absolute Gasteiger partial charge is 0.312 e. The van der Waals surface area contributed by atoms with Crippen LogP contribution in [0.1, 0.15) is 31.2 Å². The van der Waals surface area contributed by atoms with Gasteiger partial charge in [0.2, 0.25) is 5.82 Å². The normalized spacial score (nSPS) is 22.5. The lowest BCUT2D eigenvalue weighted by atomic mass is 9.91. The molecule has 19 heavy (non-hydrogen) atoms. The Balaban J connectivity index is 2.24. The Bertz CT molecular complexity index is 525. The molecular formula is C12H15N5O2. The van der Waals surface area contributed by atoms with E-state index in [1.165, 1.54) is 12.3 Å². The van der Waals surface area contributed by atoms with Crippen molar-refractivity contribution in [1.29, 1.82) is 5.26 Å². The standard InChI is InChI=1S/C12H15N5O2/c13-6-8-5-11(17(18)19)12(15-7-8)16-10-4-2-1-3-9(10)14/h5,7,9-10H,1-4,14H2,(H,15,16)/t9-,10-/m1/s1. The highest BCUT2D eigenvalue weighted by atomic mass is 16.6. The number of nitrogens with one attached hydrogen (secondary N) is 1. The van der Waals surface area contributed by atoms with E-state index in [1.807, 2.05) is 6.07 Å². The summed E-state index contributed by atoms with van der Waals surface area (Å²) >= 11 is 0. The van der Waals surface area contributed by atoms with E-state index in [4.69, 9.17) is 11.0 Å². The van der Waals surface area contributed by atoms with Crippen molar-refractivity contribution in [3.63, 3.8) is 0 Å². The van der Waals surface area contributed by atoms with Crippen LogP contribution in [-0.2, 0) is 0 Å². The summed E-state index contributed by atoms with van der Waals surface area (Å²) in [4.78, 5) is 14.4. The summed E-state index contributed by atoms with van der Waals surface area (Å²) < 4.78 is 0. The average molecular weight is 261 g/mol. The lowest BCUT2D eigenvalue weighted by Crippen LogP contribution is -2.42. The second-order valence-corrected chi connectivity index (χ2v) is 4.66. The Morgan fingerprint density at radius 1 is 1.53 bits per heavy atom. The molecule has 7 heteroatoms. The number of anilines is 1. The van der Waals surface area contributed by atoms with E-state index in [2.05, 4.69) is 10.3 Å². The van der Waals surface area contributed by atoms with Gasteiger partial charge in [-0.2, -0.15) is 5.26 Å². The van der Waals surface area contributed by atoms with Crippen LogP contribution in [0.15, 0.2) is 12.3 Å². The van der Waals surface area contributed by atoms with Gasteiger partial charge in [-0.15, -0.1) is 0 Å². The quantitative estimate of drug-likeness (QED) is 0.629. The van der Waals surface area contributed by atoms with Gasteiger partial charge in [0, 0.05) is 24.3 Å². The maximum Gasteiger partial charge on any atom is 0.312 e. The van der Waals surface area contributed by atoms with Crippen molar-refractivity contribution in [3.8, 4) is 6.07 Å². The van der Waals surface area contributed by atoms with E-state index in [-0.39, 0.29) is 29.2 Å². The third-order valence-electron chi connectivity index (χ3n) is 3.33. The SMILES string of the molecule is N#Cc1cnc(N[C@@H]2CCCC[C@H]2N)c([N+](=O)[O-])c1. The summed E-state index contributed by atoms with van der Waals surface area (Å²) in [5.41, 5.74) is 5.98. The zero-order chi connectivity index (χ0) is 13.8. The average Bonchev–Trinajstić information content (AvgIpc) is 2.41. The van der Waals surface area contributed by atoms with Crippen LogP contribution in [0.3, 0.4) is 0 Å². The molecule has 0 radical (unpaired) electrons. The lowest BCUT2D eigenvalue weighted by Gasteiger charge is -2.29. The molecule has 1 aliphatic carbocycles. The number of nitrogens with zero attached hydrogens (tertiary/aromatic N) is 3. The van der Waals surface area contributed by atoms with Crippen LogP contribution in [0.2, 0.25) is 0 Å². The van der Waals surface area contributed by atoms with Gasteiger partial charge in [0.25, 0.3) is 0 Å². The van der Waals surface area contributed by atoms with Gasteiger partial charge in [-0.3, -0.25) is 10.1 Å². The van der Waals surface area contributed by atoms with Gasteiger partial charge in [0.15, 0.2) is 0 Å². The molecule has 0 aliphatic heterocycles. The minimum atomic E-state index is -0.537. The summed E-state index contributed by atoms with van der Waals surface area (Å²) in [6.45, 7) is 0. The fourth-order valence-electron chi connectivity index (χ4n) is 2.28. The number of hydrogen-bond acceptors (Lipinski definition) is 6. The Hall–Kier alpha value is -2.20. The summed E-state index contributed by atoms with van der Waals surface area (Å²) in [6.07, 6.45) is 5.24. The molecule has 7 nitrogen and oxygen atoms in total. The first-order valence-electron chi connectivity index (χ1n) is 6.18. The molecular weight excluding hydrogens is 246 g/mol. The highest BCUT2D eigenvalue weighted by Crippen LogP contribution is 2.26. The van der Waals surface area contributed by atoms with Crippen LogP contribution in [0.4, 0.5) is 11.5 Å². The van der Waals surface area contributed by atoms with Gasteiger partial charge in [-0.1, -0.05) is 12.8 Å². The van der Waals surface area contributed by atoms with E-state index >= 15 is 0 Å². The van der Waals surface area contributed by atoms with Crippen LogP contribution in [0, 0.1) is 21.4 Å². The first-order chi connectivity index (χ1) is 9.11. The van der Waals surface area contributed by atoms with E-state index in [1.54, 1.807) is 0 Å². The van der Waals surface area contributed by atoms with Crippen molar-refractivity contribution in [1.82, 2.24) is 4.98 Å². The number of aromatic nitrogens is 1. The van der Waals surface area contributed by atoms with Crippen molar-refractivity contribution < 1.29 is 4.92 Å². The molecule has 0 saturated heterocycles. The van der Waals surface area contributed by atoms with Crippen LogP contribution in [-0.4, -0.2) is 22.0 Å². The minimum Gasteiger partial charge on any atom is -0.360 e. The predicted molar refractivity (Wildman–Crippen MR) is 69.5 cm³/mol. The highest BCUT2D eigenvalue weighted by molar-refractivity contribution is 5.58. The van der Waals surface area contributed by atoms with Gasteiger partial charge in [-0.05, 0) is 12.8 Å². The molecule has 100 valence electrons. The van der Waals surface area contributed by atoms with Gasteiger partial charge in [-0.25, -0.2) is 4.98 Å². The summed E-state index contributed by atoms with van der Waals surface area (Å²) in [6, 6.07) is 3.04. The second kappa shape index (κ2) is 5.63. The summed E-state index contributed by atoms with van der Waals surface area (Å²) in [5, 5.41) is 22.8. The highest BCUT2D eigenvalue weighted by Gasteiger charge is 2.25. The number of hydrogen-bond donors (Lipinski definition) is 2. The van der Waals surface area contributed by atoms with Crippen LogP contribution < -0.4 is 11.1 Å². The van der Waals surface area contributed by atoms with Gasteiger partial charge >= 0.3 is 5.69 Å². The molecule has 2 atom stereocenters. The fraction of sp³-hybridized carbons (Fsp3) is 0.500. The zero-order valence-electron chi connectivity index (χ0n) is 10.4. The molecule has 0 unspecified atom stereocenters. The minimum absolute atomic E-state index is 0.00659. The number of pyridine rings is 1. The van der Waals surface area contributed by atoms with Crippen molar-refractivity contribution >= 4 is 11.5 Å². The van der Waals surface area contributed by atoms with Crippen molar-refractivity contribution in [3.05, 3.63) is 27.9 Å². The third-order valence-corrected chi connectivity index (χ3v) is 3.33. The topological polar surface area (TPSA) is 118 Å². The maximum absolute atomic E-state index is 11.0. The second-order valence-electron chi connectivity index (χ2n) is 4.66. The number of rotatable bonds is 3. The third kappa shape index (κ3) is 2.98. The molecule has 2 rings (SSSR count). The van der Waals surface area contributed by atoms with E-state index in [0.717, 1.165) is 25.7 Å². The van der Waals surface area contributed by atoms with Crippen molar-refractivity contribution in [2.24, 2.45) is 5.73 Å². The Morgan fingerprint density at radius 3 is 2.89 bits per heavy atom. The molecule has 1 aromatic heterocycles. The maximum atomic E-state index is 11.0. The summed E-state index contributed by atoms with van der Waals surface area (Å²) in [5.74, 6) is 0.186. The Labute approximate surface area is 110 Å². The largest absolute Gasteiger partial charge is 0.360 e. The first kappa shape index (κ1) is 13.2. The van der Waals surface area contributed by atoms with Gasteiger partial charge in [0.1, 0.15) is 6.07 Å². The molecule has 1 aromatic rings. The Morgan fingerprint density at radius 2 is 2.26 bits per heavy atom. The fourth-order valence-corrected chi connectivity index (χ4v) is 2.28. The monoisotopic (exact) mass is 261 g/mol. The van der Waals surface area contributed by atoms with Gasteiger partial charge in [0.05, 0.1) is 10.5 Å². The summed E-state index contributed by atoms with van der Waals surface area (Å²) in [7, 11) is 0. The predicted octanol–water partition coefficient (Wildman–Crippen LogP) is 1.54. The van der Waals surface area contributed by atoms with Crippen LogP contribution in [0.25, 0.3) is 0 Å². The van der Waals surface area contributed by atoms with E-state index in [9.17, 15) is 10.1 Å². The first-order valence-corrected chi connectivity index (χ1v) is 6.18. The van der Waals surface area contributed by atoms with Crippen LogP contribution >= 0.6 is 0 Å². The number of nitro groups is 1. The molecule has 1 aliphatic rings. The molecule has 1 saturated carbocycles. The van der Waals surface area contributed by atoms with Gasteiger partial charge < -0.3 is 11.1 Å². The molecule has 0 bridgehead atoms. The van der Waals surface area contributed by atoms with E-state index in [0.29, 0.717) is 0 Å². The Kier molecular flexibility index (Phi) is 3.92. The molecule has 0 spiro atoms.